The predicted octanol–water partition coefficient (Wildman–Crippen LogP) is 0.345. The Bertz CT molecular complexity index is 229. The third kappa shape index (κ3) is 1.15. The molecule has 0 atom stereocenters. The molecule has 62 valence electrons. The maximum absolute atomic E-state index is 5.65. The van der Waals surface area contributed by atoms with Gasteiger partial charge in [-0.2, -0.15) is 0 Å². The van der Waals surface area contributed by atoms with Crippen molar-refractivity contribution in [3.8, 4) is 0 Å². The quantitative estimate of drug-likeness (QED) is 0.547. The minimum Gasteiger partial charge on any atom is -0.382 e. The summed E-state index contributed by atoms with van der Waals surface area (Å²) in [4.78, 5) is 0. The zero-order valence-electron chi connectivity index (χ0n) is 7.42. The Kier molecular flexibility index (Phi) is 1.76. The van der Waals surface area contributed by atoms with E-state index in [1.807, 2.05) is 33.0 Å². The number of nitrogens with zero attached hydrogens (tertiary/aromatic N) is 3. The van der Waals surface area contributed by atoms with Crippen molar-refractivity contribution in [1.82, 2.24) is 10.1 Å². The summed E-state index contributed by atoms with van der Waals surface area (Å²) in [5, 5.41) is 7.76. The van der Waals surface area contributed by atoms with Gasteiger partial charge in [-0.25, -0.2) is 5.12 Å². The van der Waals surface area contributed by atoms with Crippen LogP contribution in [0, 0.1) is 0 Å². The van der Waals surface area contributed by atoms with Gasteiger partial charge in [0.1, 0.15) is 5.84 Å². The van der Waals surface area contributed by atoms with Crippen molar-refractivity contribution in [2.45, 2.75) is 13.8 Å². The monoisotopic (exact) mass is 154 g/mol. The molecule has 0 aromatic rings. The molecule has 0 bridgehead atoms. The van der Waals surface area contributed by atoms with Crippen molar-refractivity contribution in [2.75, 3.05) is 14.1 Å². The van der Waals surface area contributed by atoms with Gasteiger partial charge in [0.2, 0.25) is 0 Å². The molecule has 0 aliphatic carbocycles. The normalized spacial score (nSPS) is 19.1. The van der Waals surface area contributed by atoms with Gasteiger partial charge >= 0.3 is 0 Å². The third-order valence-corrected chi connectivity index (χ3v) is 2.10. The smallest absolute Gasteiger partial charge is 0.150 e. The summed E-state index contributed by atoms with van der Waals surface area (Å²) in [6.45, 7) is 3.99. The predicted molar refractivity (Wildman–Crippen MR) is 45.5 cm³/mol. The lowest BCUT2D eigenvalue weighted by molar-refractivity contribution is 0.0637. The van der Waals surface area contributed by atoms with Gasteiger partial charge in [0.25, 0.3) is 0 Å². The van der Waals surface area contributed by atoms with Crippen molar-refractivity contribution in [3.63, 3.8) is 0 Å². The number of nitrogens with two attached hydrogens (primary N) is 1. The first kappa shape index (κ1) is 7.91. The summed E-state index contributed by atoms with van der Waals surface area (Å²) in [6.07, 6.45) is 0. The van der Waals surface area contributed by atoms with Crippen LogP contribution in [-0.4, -0.2) is 30.1 Å². The molecule has 0 unspecified atom stereocenters. The van der Waals surface area contributed by atoms with Gasteiger partial charge in [0.15, 0.2) is 0 Å². The SMILES string of the molecule is CC1=C(C)N(C)N(C)N=C1N. The highest BCUT2D eigenvalue weighted by Crippen LogP contribution is 2.14. The van der Waals surface area contributed by atoms with Crippen LogP contribution < -0.4 is 5.73 Å². The zero-order valence-corrected chi connectivity index (χ0v) is 7.42. The molecule has 0 saturated carbocycles. The van der Waals surface area contributed by atoms with Crippen LogP contribution in [-0.2, 0) is 0 Å². The molecule has 0 saturated heterocycles. The van der Waals surface area contributed by atoms with E-state index in [1.54, 1.807) is 5.12 Å². The first-order valence-corrected chi connectivity index (χ1v) is 3.53. The largest absolute Gasteiger partial charge is 0.382 e. The van der Waals surface area contributed by atoms with Crippen LogP contribution in [0.2, 0.25) is 0 Å². The van der Waals surface area contributed by atoms with E-state index in [4.69, 9.17) is 5.73 Å². The summed E-state index contributed by atoms with van der Waals surface area (Å²) in [6, 6.07) is 0. The van der Waals surface area contributed by atoms with Crippen LogP contribution >= 0.6 is 0 Å². The molecule has 0 aromatic carbocycles. The average molecular weight is 154 g/mol. The topological polar surface area (TPSA) is 44.9 Å². The Balaban J connectivity index is 3.02. The van der Waals surface area contributed by atoms with E-state index >= 15 is 0 Å². The van der Waals surface area contributed by atoms with Gasteiger partial charge in [0, 0.05) is 25.4 Å². The molecule has 2 N–H and O–H groups in total. The molecule has 0 fully saturated rings. The van der Waals surface area contributed by atoms with Gasteiger partial charge in [-0.15, -0.1) is 5.10 Å². The first-order valence-electron chi connectivity index (χ1n) is 3.53. The Hall–Kier alpha value is -1.19. The number of hydrogen-bond acceptors (Lipinski definition) is 4. The lowest BCUT2D eigenvalue weighted by atomic mass is 10.2. The Morgan fingerprint density at radius 3 is 2.36 bits per heavy atom. The van der Waals surface area contributed by atoms with Crippen LogP contribution in [0.25, 0.3) is 0 Å². The highest BCUT2D eigenvalue weighted by molar-refractivity contribution is 5.97. The Morgan fingerprint density at radius 1 is 1.27 bits per heavy atom. The molecule has 0 radical (unpaired) electrons. The molecule has 0 spiro atoms. The van der Waals surface area contributed by atoms with Crippen molar-refractivity contribution in [2.24, 2.45) is 10.8 Å². The summed E-state index contributed by atoms with van der Waals surface area (Å²) < 4.78 is 0. The standard InChI is InChI=1S/C7H14N4/c1-5-6(2)10(3)11(4)9-7(5)8/h1-4H3,(H2,8,9). The van der Waals surface area contributed by atoms with Crippen molar-refractivity contribution in [3.05, 3.63) is 11.3 Å². The van der Waals surface area contributed by atoms with E-state index < -0.39 is 0 Å². The van der Waals surface area contributed by atoms with E-state index in [1.165, 1.54) is 0 Å². The fraction of sp³-hybridized carbons (Fsp3) is 0.571. The molecule has 4 nitrogen and oxygen atoms in total. The van der Waals surface area contributed by atoms with Gasteiger partial charge in [0.05, 0.1) is 0 Å². The second kappa shape index (κ2) is 2.45. The summed E-state index contributed by atoms with van der Waals surface area (Å²) >= 11 is 0. The van der Waals surface area contributed by atoms with Crippen LogP contribution in [0.15, 0.2) is 16.4 Å². The van der Waals surface area contributed by atoms with E-state index in [2.05, 4.69) is 5.10 Å². The average Bonchev–Trinajstić information content (AvgIpc) is 1.97. The van der Waals surface area contributed by atoms with Crippen molar-refractivity contribution >= 4 is 5.84 Å². The zero-order chi connectivity index (χ0) is 8.59. The number of hydrogen-bond donors (Lipinski definition) is 1. The maximum atomic E-state index is 5.65. The molecular formula is C7H14N4. The van der Waals surface area contributed by atoms with E-state index in [9.17, 15) is 0 Å². The Labute approximate surface area is 66.9 Å². The summed E-state index contributed by atoms with van der Waals surface area (Å²) in [7, 11) is 3.82. The van der Waals surface area contributed by atoms with Crippen LogP contribution in [0.1, 0.15) is 13.8 Å². The van der Waals surface area contributed by atoms with Crippen molar-refractivity contribution < 1.29 is 0 Å². The van der Waals surface area contributed by atoms with E-state index in [0.717, 1.165) is 11.3 Å². The summed E-state index contributed by atoms with van der Waals surface area (Å²) in [5.41, 5.74) is 7.83. The minimum atomic E-state index is 0.600. The molecular weight excluding hydrogens is 140 g/mol. The second-order valence-electron chi connectivity index (χ2n) is 2.71. The number of amidine groups is 1. The van der Waals surface area contributed by atoms with Crippen LogP contribution in [0.4, 0.5) is 0 Å². The number of hydrazine groups is 1. The number of rotatable bonds is 0. The second-order valence-corrected chi connectivity index (χ2v) is 2.71. The summed E-state index contributed by atoms with van der Waals surface area (Å²) in [5.74, 6) is 0.600. The van der Waals surface area contributed by atoms with E-state index in [-0.39, 0.29) is 0 Å². The molecule has 1 aliphatic heterocycles. The van der Waals surface area contributed by atoms with Gasteiger partial charge in [-0.05, 0) is 13.8 Å². The van der Waals surface area contributed by atoms with Crippen LogP contribution in [0.5, 0.6) is 0 Å². The molecule has 0 aromatic heterocycles. The molecule has 1 heterocycles. The lowest BCUT2D eigenvalue weighted by Crippen LogP contribution is -2.38. The van der Waals surface area contributed by atoms with Crippen molar-refractivity contribution in [1.29, 1.82) is 0 Å². The molecule has 1 aliphatic rings. The molecule has 4 heteroatoms. The molecule has 11 heavy (non-hydrogen) atoms. The highest BCUT2D eigenvalue weighted by Gasteiger charge is 2.15. The molecule has 0 amide bonds. The fourth-order valence-corrected chi connectivity index (χ4v) is 0.943. The number of hydrazone groups is 1. The van der Waals surface area contributed by atoms with Gasteiger partial charge in [-0.3, -0.25) is 5.01 Å². The highest BCUT2D eigenvalue weighted by atomic mass is 15.8. The van der Waals surface area contributed by atoms with Crippen LogP contribution in [0.3, 0.4) is 0 Å². The maximum Gasteiger partial charge on any atom is 0.150 e. The van der Waals surface area contributed by atoms with Gasteiger partial charge < -0.3 is 5.73 Å². The number of allylic oxidation sites excluding steroid dienone is 1. The molecule has 1 rings (SSSR count). The van der Waals surface area contributed by atoms with E-state index in [0.29, 0.717) is 5.84 Å². The lowest BCUT2D eigenvalue weighted by Gasteiger charge is -2.33. The third-order valence-electron chi connectivity index (χ3n) is 2.10. The van der Waals surface area contributed by atoms with Gasteiger partial charge in [-0.1, -0.05) is 0 Å². The Morgan fingerprint density at radius 2 is 1.82 bits per heavy atom. The fourth-order valence-electron chi connectivity index (χ4n) is 0.943. The first-order chi connectivity index (χ1) is 5.04. The minimum absolute atomic E-state index is 0.600.